The molecule has 1 saturated heterocycles. The van der Waals surface area contributed by atoms with Crippen molar-refractivity contribution in [1.29, 1.82) is 0 Å². The molecular weight excluding hydrogens is 280 g/mol. The summed E-state index contributed by atoms with van der Waals surface area (Å²) >= 11 is 1.44. The Labute approximate surface area is 123 Å². The molecule has 2 rings (SSSR count). The van der Waals surface area contributed by atoms with E-state index in [4.69, 9.17) is 4.74 Å². The third-order valence-corrected chi connectivity index (χ3v) is 4.88. The predicted octanol–water partition coefficient (Wildman–Crippen LogP) is 0.0172. The van der Waals surface area contributed by atoms with Gasteiger partial charge in [-0.25, -0.2) is 0 Å². The van der Waals surface area contributed by atoms with Gasteiger partial charge in [-0.1, -0.05) is 18.7 Å². The van der Waals surface area contributed by atoms with E-state index in [1.54, 1.807) is 13.8 Å². The minimum absolute atomic E-state index is 0.362. The molecule has 3 N–H and O–H groups in total. The molecule has 2 aliphatic rings. The van der Waals surface area contributed by atoms with Gasteiger partial charge < -0.3 is 25.0 Å². The first kappa shape index (κ1) is 16.0. The summed E-state index contributed by atoms with van der Waals surface area (Å²) < 4.78 is 5.78. The summed E-state index contributed by atoms with van der Waals surface area (Å²) in [5.74, 6) is 0. The molecule has 20 heavy (non-hydrogen) atoms. The maximum Gasteiger partial charge on any atom is 0.162 e. The van der Waals surface area contributed by atoms with Crippen molar-refractivity contribution in [2.75, 3.05) is 13.6 Å². The van der Waals surface area contributed by atoms with E-state index in [1.165, 1.54) is 11.8 Å². The maximum atomic E-state index is 10.2. The number of aliphatic hydroxyl groups excluding tert-OH is 2. The molecule has 0 radical (unpaired) electrons. The number of hydrogen-bond acceptors (Lipinski definition) is 7. The lowest BCUT2D eigenvalue weighted by Gasteiger charge is -2.43. The molecule has 5 atom stereocenters. The standard InChI is InChI=1S/C13H24N2O4S/c1-5-6-15(4)12-14-7-8(16)9(17)10(13(2,3)18)19-11(7)20-12/h7-11,16-18H,5-6H2,1-4H3. The minimum Gasteiger partial charge on any atom is -0.388 e. The number of ether oxygens (including phenoxy) is 1. The van der Waals surface area contributed by atoms with Gasteiger partial charge in [-0.15, -0.1) is 0 Å². The first-order chi connectivity index (χ1) is 9.25. The Balaban J connectivity index is 2.13. The van der Waals surface area contributed by atoms with E-state index in [0.717, 1.165) is 18.1 Å². The first-order valence-electron chi connectivity index (χ1n) is 6.95. The fourth-order valence-corrected chi connectivity index (χ4v) is 3.75. The summed E-state index contributed by atoms with van der Waals surface area (Å²) in [6.07, 6.45) is -1.98. The number of thioether (sulfide) groups is 1. The lowest BCUT2D eigenvalue weighted by atomic mass is 9.89. The third-order valence-electron chi connectivity index (χ3n) is 3.63. The summed E-state index contributed by atoms with van der Waals surface area (Å²) in [6, 6.07) is -0.483. The van der Waals surface area contributed by atoms with Gasteiger partial charge in [0.05, 0.1) is 5.60 Å². The molecule has 116 valence electrons. The third kappa shape index (κ3) is 2.96. The highest BCUT2D eigenvalue weighted by Crippen LogP contribution is 2.39. The van der Waals surface area contributed by atoms with Gasteiger partial charge >= 0.3 is 0 Å². The van der Waals surface area contributed by atoms with E-state index in [2.05, 4.69) is 11.9 Å². The van der Waals surface area contributed by atoms with Gasteiger partial charge in [0.2, 0.25) is 0 Å². The molecule has 5 unspecified atom stereocenters. The zero-order valence-electron chi connectivity index (χ0n) is 12.4. The van der Waals surface area contributed by atoms with Crippen LogP contribution < -0.4 is 0 Å². The van der Waals surface area contributed by atoms with Crippen molar-refractivity contribution < 1.29 is 20.1 Å². The number of aliphatic imine (C=N–C) groups is 1. The molecule has 1 fully saturated rings. The second-order valence-corrected chi connectivity index (χ2v) is 7.07. The van der Waals surface area contributed by atoms with Gasteiger partial charge in [0, 0.05) is 13.6 Å². The molecular formula is C13H24N2O4S. The van der Waals surface area contributed by atoms with Crippen LogP contribution in [0.25, 0.3) is 0 Å². The molecule has 0 aromatic carbocycles. The molecule has 0 aromatic rings. The topological polar surface area (TPSA) is 85.5 Å². The molecule has 0 aliphatic carbocycles. The lowest BCUT2D eigenvalue weighted by molar-refractivity contribution is -0.208. The Morgan fingerprint density at radius 1 is 1.35 bits per heavy atom. The molecule has 0 aromatic heterocycles. The van der Waals surface area contributed by atoms with Crippen LogP contribution in [-0.2, 0) is 4.74 Å². The quantitative estimate of drug-likeness (QED) is 0.681. The molecule has 2 heterocycles. The van der Waals surface area contributed by atoms with Crippen molar-refractivity contribution in [3.63, 3.8) is 0 Å². The Kier molecular flexibility index (Phi) is 4.66. The summed E-state index contributed by atoms with van der Waals surface area (Å²) in [7, 11) is 1.95. The average Bonchev–Trinajstić information content (AvgIpc) is 2.77. The average molecular weight is 304 g/mol. The number of hydrogen-bond donors (Lipinski definition) is 3. The molecule has 6 nitrogen and oxygen atoms in total. The number of amidine groups is 1. The van der Waals surface area contributed by atoms with Crippen LogP contribution in [-0.4, -0.2) is 74.4 Å². The molecule has 7 heteroatoms. The molecule has 0 spiro atoms. The SMILES string of the molecule is CCCN(C)C1=NC2C(OC(C(C)(C)O)C(O)C2O)S1. The lowest BCUT2D eigenvalue weighted by Crippen LogP contribution is -2.61. The van der Waals surface area contributed by atoms with E-state index in [-0.39, 0.29) is 5.44 Å². The minimum atomic E-state index is -1.22. The highest BCUT2D eigenvalue weighted by atomic mass is 32.2. The second-order valence-electron chi connectivity index (χ2n) is 6.00. The smallest absolute Gasteiger partial charge is 0.162 e. The van der Waals surface area contributed by atoms with Crippen molar-refractivity contribution >= 4 is 16.9 Å². The van der Waals surface area contributed by atoms with Gasteiger partial charge in [-0.2, -0.15) is 0 Å². The monoisotopic (exact) mass is 304 g/mol. The Morgan fingerprint density at radius 3 is 2.55 bits per heavy atom. The van der Waals surface area contributed by atoms with Gasteiger partial charge in [-0.05, 0) is 20.3 Å². The zero-order chi connectivity index (χ0) is 15.1. The van der Waals surface area contributed by atoms with Crippen molar-refractivity contribution in [1.82, 2.24) is 4.90 Å². The van der Waals surface area contributed by atoms with Gasteiger partial charge in [0.15, 0.2) is 5.17 Å². The first-order valence-corrected chi connectivity index (χ1v) is 7.83. The fourth-order valence-electron chi connectivity index (χ4n) is 2.55. The highest BCUT2D eigenvalue weighted by Gasteiger charge is 2.52. The largest absolute Gasteiger partial charge is 0.388 e. The number of rotatable bonds is 3. The molecule has 0 bridgehead atoms. The van der Waals surface area contributed by atoms with Crippen molar-refractivity contribution in [3.05, 3.63) is 0 Å². The van der Waals surface area contributed by atoms with E-state index in [0.29, 0.717) is 0 Å². The van der Waals surface area contributed by atoms with Crippen molar-refractivity contribution in [2.45, 2.75) is 62.6 Å². The van der Waals surface area contributed by atoms with Crippen LogP contribution in [0.1, 0.15) is 27.2 Å². The van der Waals surface area contributed by atoms with Crippen LogP contribution in [0.4, 0.5) is 0 Å². The van der Waals surface area contributed by atoms with Crippen LogP contribution in [0.2, 0.25) is 0 Å². The molecule has 2 aliphatic heterocycles. The van der Waals surface area contributed by atoms with E-state index >= 15 is 0 Å². The highest BCUT2D eigenvalue weighted by molar-refractivity contribution is 8.14. The Bertz CT molecular complexity index is 385. The Morgan fingerprint density at radius 2 is 2.00 bits per heavy atom. The number of fused-ring (bicyclic) bond motifs is 1. The predicted molar refractivity (Wildman–Crippen MR) is 78.7 cm³/mol. The van der Waals surface area contributed by atoms with Gasteiger partial charge in [-0.3, -0.25) is 4.99 Å². The number of nitrogens with zero attached hydrogens (tertiary/aromatic N) is 2. The van der Waals surface area contributed by atoms with Crippen LogP contribution in [0.5, 0.6) is 0 Å². The maximum absolute atomic E-state index is 10.2. The van der Waals surface area contributed by atoms with Crippen LogP contribution in [0.3, 0.4) is 0 Å². The summed E-state index contributed by atoms with van der Waals surface area (Å²) in [5, 5.41) is 31.2. The van der Waals surface area contributed by atoms with Crippen LogP contribution in [0, 0.1) is 0 Å². The van der Waals surface area contributed by atoms with Crippen LogP contribution in [0.15, 0.2) is 4.99 Å². The van der Waals surface area contributed by atoms with Crippen molar-refractivity contribution in [2.24, 2.45) is 4.99 Å². The van der Waals surface area contributed by atoms with Gasteiger partial charge in [0.1, 0.15) is 29.8 Å². The van der Waals surface area contributed by atoms with E-state index < -0.39 is 30.0 Å². The van der Waals surface area contributed by atoms with Crippen molar-refractivity contribution in [3.8, 4) is 0 Å². The summed E-state index contributed by atoms with van der Waals surface area (Å²) in [6.45, 7) is 6.10. The summed E-state index contributed by atoms with van der Waals surface area (Å²) in [5.41, 5.74) is -1.58. The molecule has 0 saturated carbocycles. The normalized spacial score (nSPS) is 37.5. The van der Waals surface area contributed by atoms with E-state index in [9.17, 15) is 15.3 Å². The van der Waals surface area contributed by atoms with Gasteiger partial charge in [0.25, 0.3) is 0 Å². The number of aliphatic hydroxyl groups is 3. The Hall–Kier alpha value is -0.340. The molecule has 0 amide bonds. The summed E-state index contributed by atoms with van der Waals surface area (Å²) in [4.78, 5) is 6.48. The zero-order valence-corrected chi connectivity index (χ0v) is 13.2. The van der Waals surface area contributed by atoms with Crippen LogP contribution >= 0.6 is 11.8 Å². The van der Waals surface area contributed by atoms with E-state index in [1.807, 2.05) is 11.9 Å². The second kappa shape index (κ2) is 5.81. The fraction of sp³-hybridized carbons (Fsp3) is 0.923.